The third kappa shape index (κ3) is 4.48. The molecule has 4 atom stereocenters. The molecule has 3 aliphatic rings. The summed E-state index contributed by atoms with van der Waals surface area (Å²) < 4.78 is 1.26. The van der Waals surface area contributed by atoms with E-state index < -0.39 is 5.69 Å². The average molecular weight is 525 g/mol. The monoisotopic (exact) mass is 524 g/mol. The largest absolute Gasteiger partial charge is 0.359 e. The van der Waals surface area contributed by atoms with Crippen molar-refractivity contribution >= 4 is 45.5 Å². The molecule has 2 bridgehead atoms. The van der Waals surface area contributed by atoms with Gasteiger partial charge < -0.3 is 15.6 Å². The Morgan fingerprint density at radius 1 is 1.19 bits per heavy atom. The van der Waals surface area contributed by atoms with Crippen molar-refractivity contribution in [2.45, 2.75) is 59.5 Å². The van der Waals surface area contributed by atoms with Crippen molar-refractivity contribution in [3.8, 4) is 0 Å². The number of aromatic nitrogens is 2. The minimum Gasteiger partial charge on any atom is -0.359 e. The second-order valence-corrected chi connectivity index (χ2v) is 12.0. The van der Waals surface area contributed by atoms with Gasteiger partial charge in [-0.05, 0) is 103 Å². The van der Waals surface area contributed by atoms with Crippen LogP contribution < -0.4 is 21.9 Å². The molecule has 0 radical (unpaired) electrons. The van der Waals surface area contributed by atoms with E-state index in [2.05, 4.69) is 36.4 Å². The van der Waals surface area contributed by atoms with Crippen LogP contribution in [0.15, 0.2) is 46.0 Å². The van der Waals surface area contributed by atoms with Gasteiger partial charge in [0.15, 0.2) is 5.11 Å². The summed E-state index contributed by atoms with van der Waals surface area (Å²) in [5.41, 5.74) is 3.03. The van der Waals surface area contributed by atoms with Crippen molar-refractivity contribution in [1.82, 2.24) is 14.9 Å². The highest BCUT2D eigenvalue weighted by molar-refractivity contribution is 7.80. The van der Waals surface area contributed by atoms with Crippen molar-refractivity contribution in [2.24, 2.45) is 23.2 Å². The van der Waals surface area contributed by atoms with Gasteiger partial charge in [0.2, 0.25) is 0 Å². The van der Waals surface area contributed by atoms with E-state index in [1.165, 1.54) is 11.0 Å². The second-order valence-electron chi connectivity index (χ2n) is 11.1. The van der Waals surface area contributed by atoms with Gasteiger partial charge in [0, 0.05) is 23.3 Å². The van der Waals surface area contributed by atoms with Gasteiger partial charge >= 0.3 is 5.69 Å². The first kappa shape index (κ1) is 25.0. The fourth-order valence-electron chi connectivity index (χ4n) is 6.38. The first-order valence-corrected chi connectivity index (χ1v) is 13.4. The lowest BCUT2D eigenvalue weighted by Crippen LogP contribution is -2.61. The highest BCUT2D eigenvalue weighted by atomic mass is 35.5. The Labute approximate surface area is 221 Å². The van der Waals surface area contributed by atoms with Gasteiger partial charge in [-0.15, -0.1) is 0 Å². The topological polar surface area (TPSA) is 78.9 Å². The van der Waals surface area contributed by atoms with E-state index in [0.717, 1.165) is 35.1 Å². The number of thiocarbonyl (C=S) groups is 1. The van der Waals surface area contributed by atoms with Crippen molar-refractivity contribution in [3.63, 3.8) is 0 Å². The maximum absolute atomic E-state index is 13.1. The lowest BCUT2D eigenvalue weighted by Gasteiger charge is -2.62. The van der Waals surface area contributed by atoms with Crippen LogP contribution >= 0.6 is 23.8 Å². The Morgan fingerprint density at radius 3 is 2.67 bits per heavy atom. The minimum absolute atomic E-state index is 0.291. The van der Waals surface area contributed by atoms with Crippen LogP contribution in [0.25, 0.3) is 10.9 Å². The van der Waals surface area contributed by atoms with E-state index >= 15 is 0 Å². The maximum Gasteiger partial charge on any atom is 0.328 e. The molecule has 8 heteroatoms. The molecule has 0 unspecified atom stereocenters. The van der Waals surface area contributed by atoms with Crippen molar-refractivity contribution in [3.05, 3.63) is 73.4 Å². The molecule has 36 heavy (non-hydrogen) atoms. The van der Waals surface area contributed by atoms with Crippen LogP contribution in [0.4, 0.5) is 5.69 Å². The number of aryl methyl sites for hydroxylation is 2. The number of aromatic amines is 1. The third-order valence-corrected chi connectivity index (χ3v) is 9.27. The Balaban J connectivity index is 1.28. The van der Waals surface area contributed by atoms with E-state index in [-0.39, 0.29) is 5.56 Å². The minimum atomic E-state index is -0.421. The quantitative estimate of drug-likeness (QED) is 0.397. The van der Waals surface area contributed by atoms with Crippen LogP contribution in [-0.2, 0) is 13.0 Å². The summed E-state index contributed by atoms with van der Waals surface area (Å²) in [4.78, 5) is 28.7. The van der Waals surface area contributed by atoms with Crippen LogP contribution in [-0.4, -0.2) is 20.7 Å². The zero-order valence-electron chi connectivity index (χ0n) is 21.2. The maximum atomic E-state index is 13.1. The summed E-state index contributed by atoms with van der Waals surface area (Å²) in [6.45, 7) is 9.36. The number of hydrogen-bond acceptors (Lipinski definition) is 3. The average Bonchev–Trinajstić information content (AvgIpc) is 2.80. The number of rotatable bonds is 5. The summed E-state index contributed by atoms with van der Waals surface area (Å²) in [7, 11) is 0. The molecular weight excluding hydrogens is 492 g/mol. The van der Waals surface area contributed by atoms with E-state index in [4.69, 9.17) is 23.8 Å². The molecule has 0 saturated heterocycles. The summed E-state index contributed by atoms with van der Waals surface area (Å²) >= 11 is 11.6. The fraction of sp³-hybridized carbons (Fsp3) is 0.464. The predicted octanol–water partition coefficient (Wildman–Crippen LogP) is 5.25. The SMILES string of the molecule is Cc1cc(Cl)ccc1CCn1c(=O)[nH]c2cc(NC(=S)N[C@H]3C[C@H]4C[C@@H]([C@@H]3C)C4(C)C)ccc2c1=O. The third-order valence-electron chi connectivity index (χ3n) is 8.82. The molecule has 3 aromatic rings. The number of fused-ring (bicyclic) bond motifs is 3. The fourth-order valence-corrected chi connectivity index (χ4v) is 6.88. The van der Waals surface area contributed by atoms with Crippen LogP contribution in [0.3, 0.4) is 0 Å². The van der Waals surface area contributed by atoms with E-state index in [1.807, 2.05) is 31.2 Å². The number of halogens is 1. The molecule has 0 aliphatic heterocycles. The molecule has 1 aromatic heterocycles. The first-order chi connectivity index (χ1) is 17.0. The molecule has 6 rings (SSSR count). The van der Waals surface area contributed by atoms with Gasteiger partial charge in [0.05, 0.1) is 10.9 Å². The highest BCUT2D eigenvalue weighted by Gasteiger charge is 2.56. The molecule has 2 aromatic carbocycles. The smallest absolute Gasteiger partial charge is 0.328 e. The summed E-state index contributed by atoms with van der Waals surface area (Å²) in [5, 5.41) is 8.46. The van der Waals surface area contributed by atoms with E-state index in [0.29, 0.717) is 51.4 Å². The highest BCUT2D eigenvalue weighted by Crippen LogP contribution is 2.61. The zero-order valence-corrected chi connectivity index (χ0v) is 22.7. The molecule has 3 fully saturated rings. The van der Waals surface area contributed by atoms with Crippen molar-refractivity contribution < 1.29 is 0 Å². The standard InChI is InChI=1S/C28H33ClN4O2S/c1-15-11-19(29)6-5-17(15)9-10-33-25(34)21-8-7-20(14-24(21)32-27(33)35)30-26(36)31-23-13-18-12-22(16(23)2)28(18,3)4/h5-8,11,14,16,18,22-23H,9-10,12-13H2,1-4H3,(H,32,35)(H2,30,31,36)/t16-,18+,22-,23-/m0/s1. The van der Waals surface area contributed by atoms with Gasteiger partial charge in [-0.3, -0.25) is 9.36 Å². The Kier molecular flexibility index (Phi) is 6.50. The lowest BCUT2D eigenvalue weighted by atomic mass is 9.45. The molecule has 3 aliphatic carbocycles. The van der Waals surface area contributed by atoms with Gasteiger partial charge in [-0.1, -0.05) is 38.4 Å². The van der Waals surface area contributed by atoms with Gasteiger partial charge in [0.25, 0.3) is 5.56 Å². The van der Waals surface area contributed by atoms with Crippen LogP contribution in [0.2, 0.25) is 5.02 Å². The van der Waals surface area contributed by atoms with Gasteiger partial charge in [-0.2, -0.15) is 0 Å². The summed E-state index contributed by atoms with van der Waals surface area (Å²) in [5.74, 6) is 2.04. The molecule has 3 saturated carbocycles. The summed E-state index contributed by atoms with van der Waals surface area (Å²) in [6.07, 6.45) is 3.02. The lowest BCUT2D eigenvalue weighted by molar-refractivity contribution is -0.111. The number of nitrogens with zero attached hydrogens (tertiary/aromatic N) is 1. The number of H-pyrrole nitrogens is 1. The number of benzene rings is 2. The molecule has 0 amide bonds. The van der Waals surface area contributed by atoms with E-state index in [1.54, 1.807) is 12.1 Å². The molecule has 0 spiro atoms. The first-order valence-electron chi connectivity index (χ1n) is 12.6. The molecular formula is C28H33ClN4O2S. The number of nitrogens with one attached hydrogen (secondary N) is 3. The van der Waals surface area contributed by atoms with Gasteiger partial charge in [0.1, 0.15) is 0 Å². The van der Waals surface area contributed by atoms with Crippen molar-refractivity contribution in [1.29, 1.82) is 0 Å². The number of hydrogen-bond donors (Lipinski definition) is 3. The molecule has 3 N–H and O–H groups in total. The Morgan fingerprint density at radius 2 is 1.97 bits per heavy atom. The second kappa shape index (κ2) is 9.34. The molecule has 1 heterocycles. The Bertz CT molecular complexity index is 1460. The summed E-state index contributed by atoms with van der Waals surface area (Å²) in [6, 6.07) is 11.3. The molecule has 190 valence electrons. The predicted molar refractivity (Wildman–Crippen MR) is 151 cm³/mol. The normalized spacial score (nSPS) is 24.2. The molecule has 6 nitrogen and oxygen atoms in total. The Hall–Kier alpha value is -2.64. The van der Waals surface area contributed by atoms with Crippen LogP contribution in [0, 0.1) is 30.1 Å². The number of anilines is 1. The van der Waals surface area contributed by atoms with Crippen LogP contribution in [0.1, 0.15) is 44.7 Å². The van der Waals surface area contributed by atoms with Gasteiger partial charge in [-0.25, -0.2) is 4.79 Å². The van der Waals surface area contributed by atoms with E-state index in [9.17, 15) is 9.59 Å². The zero-order chi connectivity index (χ0) is 25.8. The van der Waals surface area contributed by atoms with Crippen LogP contribution in [0.5, 0.6) is 0 Å². The van der Waals surface area contributed by atoms with Crippen molar-refractivity contribution in [2.75, 3.05) is 5.32 Å².